The molecule has 77 heavy (non-hydrogen) atoms. The van der Waals surface area contributed by atoms with Crippen LogP contribution in [0.15, 0.2) is 146 Å². The van der Waals surface area contributed by atoms with Crippen LogP contribution in [0.5, 0.6) is 34.5 Å². The van der Waals surface area contributed by atoms with Gasteiger partial charge in [0.1, 0.15) is 59.3 Å². The fourth-order valence-electron chi connectivity index (χ4n) is 7.14. The van der Waals surface area contributed by atoms with Crippen molar-refractivity contribution in [1.29, 1.82) is 0 Å². The summed E-state index contributed by atoms with van der Waals surface area (Å²) >= 11 is 7.19. The summed E-state index contributed by atoms with van der Waals surface area (Å²) in [5.41, 5.74) is 4.25. The average Bonchev–Trinajstić information content (AvgIpc) is 3.90. The molecule has 0 spiro atoms. The van der Waals surface area contributed by atoms with E-state index in [1.807, 2.05) is 130 Å². The zero-order chi connectivity index (χ0) is 56.2. The zero-order valence-corrected chi connectivity index (χ0v) is 50.2. The van der Waals surface area contributed by atoms with E-state index in [0.29, 0.717) is 89.4 Å². The van der Waals surface area contributed by atoms with Crippen LogP contribution in [0.1, 0.15) is 81.1 Å². The van der Waals surface area contributed by atoms with Gasteiger partial charge in [0.05, 0.1) is 44.1 Å². The summed E-state index contributed by atoms with van der Waals surface area (Å²) in [7, 11) is -1.73. The Morgan fingerprint density at radius 3 is 1.57 bits per heavy atom. The molecule has 0 bridgehead atoms. The molecule has 2 aliphatic rings. The maximum absolute atomic E-state index is 11.8. The Balaban J connectivity index is 0.000000264. The minimum absolute atomic E-state index is 0.0545. The number of hydrogen-bond donors (Lipinski definition) is 1. The van der Waals surface area contributed by atoms with Crippen LogP contribution < -0.4 is 29.9 Å². The van der Waals surface area contributed by atoms with Gasteiger partial charge in [0, 0.05) is 17.7 Å². The van der Waals surface area contributed by atoms with Crippen molar-refractivity contribution in [3.63, 3.8) is 0 Å². The summed E-state index contributed by atoms with van der Waals surface area (Å²) in [5, 5.41) is 10.6. The van der Waals surface area contributed by atoms with Gasteiger partial charge in [0.2, 0.25) is 0 Å². The predicted molar refractivity (Wildman–Crippen MR) is 298 cm³/mol. The number of ether oxygens (including phenoxy) is 7. The third-order valence-electron chi connectivity index (χ3n) is 11.1. The van der Waals surface area contributed by atoms with Crippen molar-refractivity contribution in [3.05, 3.63) is 175 Å². The van der Waals surface area contributed by atoms with Crippen LogP contribution in [-0.4, -0.2) is 80.3 Å². The number of carbonyl (C=O) groups excluding carboxylic acids is 4. The van der Waals surface area contributed by atoms with Crippen LogP contribution in [0.2, 0.25) is 0 Å². The third kappa shape index (κ3) is 21.8. The van der Waals surface area contributed by atoms with Crippen molar-refractivity contribution in [3.8, 4) is 34.5 Å². The molecule has 402 valence electrons. The van der Waals surface area contributed by atoms with E-state index in [4.69, 9.17) is 37.6 Å². The fraction of sp³-hybridized carbons (Fsp3) is 0.281. The van der Waals surface area contributed by atoms with Crippen molar-refractivity contribution >= 4 is 78.9 Å². The molecule has 2 unspecified atom stereocenters. The number of halogens is 2. The molecule has 1 saturated heterocycles. The van der Waals surface area contributed by atoms with E-state index >= 15 is 0 Å². The van der Waals surface area contributed by atoms with E-state index in [2.05, 4.69) is 46.0 Å². The molecular formula is C57H62B2Br2O15Zn. The van der Waals surface area contributed by atoms with E-state index in [1.54, 1.807) is 57.2 Å². The Kier molecular flexibility index (Phi) is 28.1. The number of hydrogen-bond acceptors (Lipinski definition) is 15. The molecule has 0 aromatic heterocycles. The monoisotopic (exact) mass is 1230 g/mol. The Hall–Kier alpha value is -5.98. The quantitative estimate of drug-likeness (QED) is 0.0214. The van der Waals surface area contributed by atoms with Gasteiger partial charge in [-0.3, -0.25) is 26.1 Å². The molecule has 0 saturated carbocycles. The Morgan fingerprint density at radius 2 is 1.13 bits per heavy atom. The maximum atomic E-state index is 11.8. The van der Waals surface area contributed by atoms with E-state index in [-0.39, 0.29) is 24.5 Å². The first-order valence-corrected chi connectivity index (χ1v) is 32.6. The second kappa shape index (κ2) is 34.0. The van der Waals surface area contributed by atoms with Crippen molar-refractivity contribution < 1.29 is 87.7 Å². The number of carbonyl (C=O) groups is 4. The van der Waals surface area contributed by atoms with Gasteiger partial charge in [0.15, 0.2) is 5.97 Å². The van der Waals surface area contributed by atoms with E-state index < -0.39 is 31.9 Å². The van der Waals surface area contributed by atoms with Gasteiger partial charge in [-0.05, 0) is 124 Å². The predicted octanol–water partition coefficient (Wildman–Crippen LogP) is 10.7. The first kappa shape index (κ1) is 63.6. The summed E-state index contributed by atoms with van der Waals surface area (Å²) in [6.45, 7) is 16.3. The Morgan fingerprint density at radius 1 is 0.649 bits per heavy atom. The molecule has 0 radical (unpaired) electrons. The minimum atomic E-state index is -1.11. The van der Waals surface area contributed by atoms with Crippen molar-refractivity contribution in [1.82, 2.24) is 0 Å². The average molecular weight is 1230 g/mol. The molecule has 0 amide bonds. The molecule has 8 rings (SSSR count). The summed E-state index contributed by atoms with van der Waals surface area (Å²) in [6.07, 6.45) is 0.228. The van der Waals surface area contributed by atoms with Crippen LogP contribution in [0, 0.1) is 6.92 Å². The summed E-state index contributed by atoms with van der Waals surface area (Å²) < 4.78 is 55.0. The summed E-state index contributed by atoms with van der Waals surface area (Å²) in [5.74, 6) is 2.77. The van der Waals surface area contributed by atoms with E-state index in [0.717, 1.165) is 23.0 Å². The van der Waals surface area contributed by atoms with Gasteiger partial charge in [0.25, 0.3) is 0 Å². The number of benzene rings is 6. The number of aldehydes is 1. The molecule has 2 atom stereocenters. The fourth-order valence-corrected chi connectivity index (χ4v) is 7.30. The number of fused-ring (bicyclic) bond motifs is 1. The van der Waals surface area contributed by atoms with Crippen molar-refractivity contribution in [2.75, 3.05) is 25.2 Å². The third-order valence-corrected chi connectivity index (χ3v) is 11.5. The second-order valence-electron chi connectivity index (χ2n) is 17.0. The Bertz CT molecular complexity index is 2760. The van der Waals surface area contributed by atoms with Crippen LogP contribution in [0.25, 0.3) is 0 Å². The van der Waals surface area contributed by atoms with E-state index in [1.165, 1.54) is 16.3 Å². The first-order chi connectivity index (χ1) is 37.1. The van der Waals surface area contributed by atoms with Gasteiger partial charge in [-0.1, -0.05) is 94.8 Å². The molecular weight excluding hydrogens is 1170 g/mol. The molecule has 15 nitrogen and oxygen atoms in total. The number of rotatable bonds is 18. The summed E-state index contributed by atoms with van der Waals surface area (Å²) in [6, 6.07) is 45.3. The molecule has 0 aliphatic carbocycles. The number of alkyl halides is 1. The van der Waals surface area contributed by atoms with E-state index in [9.17, 15) is 24.2 Å². The van der Waals surface area contributed by atoms with Crippen LogP contribution >= 0.6 is 29.6 Å². The van der Waals surface area contributed by atoms with Gasteiger partial charge in [-0.15, -0.1) is 0 Å². The molecule has 1 N–H and O–H groups in total. The van der Waals surface area contributed by atoms with Crippen molar-refractivity contribution in [2.45, 2.75) is 79.0 Å². The van der Waals surface area contributed by atoms with Gasteiger partial charge >= 0.3 is 56.1 Å². The first-order valence-electron chi connectivity index (χ1n) is 24.6. The van der Waals surface area contributed by atoms with Gasteiger partial charge < -0.3 is 52.1 Å². The normalized spacial score (nSPS) is 14.4. The van der Waals surface area contributed by atoms with Gasteiger partial charge in [-0.25, -0.2) is 0 Å². The molecule has 1 fully saturated rings. The van der Waals surface area contributed by atoms with Crippen LogP contribution in [0.4, 0.5) is 0 Å². The topological polar surface area (TPSA) is 181 Å². The van der Waals surface area contributed by atoms with Crippen LogP contribution in [-0.2, 0) is 72.1 Å². The standard InChI is InChI=1S/C25H25BO5.C24H23BO6.C4H7BrO2.C4H7O2.BrH.Zn/c1-18-25(2,3)31-26(30-18)24-15-23(13-12-20(24)16-27)29-22-11-7-10-21(14-22)28-17-19-8-5-4-6-9-19;1-2-28-24(26)15-23-21-12-11-20(14-22(21)25(27)31-23)30-19-10-6-9-18(13-19)29-16-17-7-4-3-5-8-17;1-2-7-4(6)3-5;1-3-6-4(2)5;;/h4-16,18H,17H2,1-3H3;3-14,23,27H,2,15-16H2,1H3;2-3H2,1H3;2-3H2,1H3;1H;/q;;;-1;;+2/p-1. The van der Waals surface area contributed by atoms with Crippen molar-refractivity contribution in [2.24, 2.45) is 0 Å². The molecule has 6 aromatic rings. The Labute approximate surface area is 477 Å². The molecule has 2 aliphatic heterocycles. The summed E-state index contributed by atoms with van der Waals surface area (Å²) in [4.78, 5) is 43.2. The second-order valence-corrected chi connectivity index (χ2v) is 17.5. The molecule has 20 heteroatoms. The zero-order valence-electron chi connectivity index (χ0n) is 44.0. The van der Waals surface area contributed by atoms with Gasteiger partial charge in [-0.2, -0.15) is 0 Å². The SMILES string of the molecule is CC1OB(c2cc(Oc3cccc(OCc4ccccc4)c3)ccc2C=O)OC1(C)C.CCOC(=O)CBr.CCOC(=O)CC1OB(O)c2cc(Oc3cccc(OCc4ccccc4)c3)ccc21.[CH2-]C(=O)OCC.[Zn+][Br]. The molecule has 2 heterocycles. The molecule has 6 aromatic carbocycles. The van der Waals surface area contributed by atoms with Crippen LogP contribution in [0.3, 0.4) is 0 Å². The number of esters is 3.